The fraction of sp³-hybridized carbons (Fsp3) is 0.625. The number of rotatable bonds is 0. The number of hydrogen-bond acceptors (Lipinski definition) is 1. The van der Waals surface area contributed by atoms with Crippen LogP contribution in [0.15, 0.2) is 11.6 Å². The Morgan fingerprint density at radius 1 is 1.78 bits per heavy atom. The lowest BCUT2D eigenvalue weighted by Gasteiger charge is -2.31. The first kappa shape index (κ1) is 6.35. The van der Waals surface area contributed by atoms with Crippen LogP contribution >= 0.6 is 0 Å². The van der Waals surface area contributed by atoms with E-state index in [0.717, 1.165) is 6.42 Å². The summed E-state index contributed by atoms with van der Waals surface area (Å²) in [4.78, 5) is 0. The van der Waals surface area contributed by atoms with E-state index in [1.54, 1.807) is 0 Å². The quantitative estimate of drug-likeness (QED) is 0.450. The van der Waals surface area contributed by atoms with Gasteiger partial charge in [0.1, 0.15) is 0 Å². The second kappa shape index (κ2) is 2.23. The van der Waals surface area contributed by atoms with Gasteiger partial charge < -0.3 is 0 Å². The van der Waals surface area contributed by atoms with Gasteiger partial charge in [0.2, 0.25) is 0 Å². The van der Waals surface area contributed by atoms with E-state index in [9.17, 15) is 0 Å². The summed E-state index contributed by atoms with van der Waals surface area (Å²) in [7, 11) is 0. The van der Waals surface area contributed by atoms with E-state index in [1.807, 2.05) is 6.92 Å². The molecule has 1 rings (SSSR count). The van der Waals surface area contributed by atoms with Crippen molar-refractivity contribution in [2.45, 2.75) is 20.3 Å². The second-order valence-corrected chi connectivity index (χ2v) is 2.59. The van der Waals surface area contributed by atoms with Crippen molar-refractivity contribution >= 4 is 0 Å². The van der Waals surface area contributed by atoms with Crippen molar-refractivity contribution in [3.63, 3.8) is 0 Å². The maximum absolute atomic E-state index is 8.49. The van der Waals surface area contributed by atoms with Crippen LogP contribution in [0.4, 0.5) is 0 Å². The Balaban J connectivity index is 2.54. The highest BCUT2D eigenvalue weighted by atomic mass is 14.4. The van der Waals surface area contributed by atoms with E-state index in [0.29, 0.717) is 11.8 Å². The Kier molecular flexibility index (Phi) is 1.57. The van der Waals surface area contributed by atoms with Crippen LogP contribution in [0.5, 0.6) is 0 Å². The van der Waals surface area contributed by atoms with Crippen LogP contribution in [0.3, 0.4) is 0 Å². The van der Waals surface area contributed by atoms with Crippen LogP contribution in [0.1, 0.15) is 20.3 Å². The van der Waals surface area contributed by atoms with Crippen molar-refractivity contribution in [1.82, 2.24) is 0 Å². The van der Waals surface area contributed by atoms with Gasteiger partial charge in [-0.3, -0.25) is 0 Å². The minimum Gasteiger partial charge on any atom is -0.198 e. The van der Waals surface area contributed by atoms with Gasteiger partial charge in [0, 0.05) is 0 Å². The fourth-order valence-electron chi connectivity index (χ4n) is 1.25. The monoisotopic (exact) mass is 121 g/mol. The normalized spacial score (nSPS) is 37.7. The van der Waals surface area contributed by atoms with Gasteiger partial charge in [-0.1, -0.05) is 18.6 Å². The highest BCUT2D eigenvalue weighted by Crippen LogP contribution is 2.38. The average Bonchev–Trinajstić information content (AvgIpc) is 1.87. The average molecular weight is 121 g/mol. The number of hydrogen-bond donors (Lipinski definition) is 0. The molecule has 0 heterocycles. The smallest absolute Gasteiger partial charge is 0.0665 e. The zero-order valence-corrected chi connectivity index (χ0v) is 5.89. The molecule has 0 aliphatic heterocycles. The van der Waals surface area contributed by atoms with Gasteiger partial charge in [0.15, 0.2) is 0 Å². The van der Waals surface area contributed by atoms with Crippen molar-refractivity contribution in [1.29, 1.82) is 5.26 Å². The molecule has 1 fully saturated rings. The summed E-state index contributed by atoms with van der Waals surface area (Å²) in [6, 6.07) is 2.27. The molecule has 0 aromatic heterocycles. The van der Waals surface area contributed by atoms with Gasteiger partial charge in [-0.25, -0.2) is 0 Å². The SMILES string of the molecule is C/C=C1/C[C@@H](C#N)[C@H]1C. The highest BCUT2D eigenvalue weighted by Gasteiger charge is 2.30. The first-order valence-corrected chi connectivity index (χ1v) is 3.34. The summed E-state index contributed by atoms with van der Waals surface area (Å²) in [5.74, 6) is 0.830. The molecule has 0 amide bonds. The van der Waals surface area contributed by atoms with Gasteiger partial charge in [0.05, 0.1) is 12.0 Å². The minimum absolute atomic E-state index is 0.302. The summed E-state index contributed by atoms with van der Waals surface area (Å²) in [5.41, 5.74) is 1.45. The summed E-state index contributed by atoms with van der Waals surface area (Å²) in [6.45, 7) is 4.16. The number of allylic oxidation sites excluding steroid dienone is 2. The Morgan fingerprint density at radius 3 is 2.78 bits per heavy atom. The number of nitriles is 1. The molecule has 1 aliphatic rings. The molecular weight excluding hydrogens is 110 g/mol. The van der Waals surface area contributed by atoms with Crippen LogP contribution in [0.25, 0.3) is 0 Å². The van der Waals surface area contributed by atoms with Crippen molar-refractivity contribution in [3.05, 3.63) is 11.6 Å². The molecule has 1 heteroatoms. The Morgan fingerprint density at radius 2 is 2.44 bits per heavy atom. The molecule has 0 aromatic carbocycles. The largest absolute Gasteiger partial charge is 0.198 e. The maximum Gasteiger partial charge on any atom is 0.0665 e. The van der Waals surface area contributed by atoms with Gasteiger partial charge in [-0.15, -0.1) is 0 Å². The van der Waals surface area contributed by atoms with Crippen molar-refractivity contribution in [3.8, 4) is 6.07 Å². The van der Waals surface area contributed by atoms with Gasteiger partial charge in [-0.2, -0.15) is 5.26 Å². The molecule has 0 aromatic rings. The summed E-state index contributed by atoms with van der Waals surface area (Å²) >= 11 is 0. The third kappa shape index (κ3) is 0.853. The molecule has 1 aliphatic carbocycles. The predicted molar refractivity (Wildman–Crippen MR) is 36.6 cm³/mol. The fourth-order valence-corrected chi connectivity index (χ4v) is 1.25. The summed E-state index contributed by atoms with van der Waals surface area (Å²) in [5, 5.41) is 8.49. The number of nitrogens with zero attached hydrogens (tertiary/aromatic N) is 1. The Bertz CT molecular complexity index is 173. The van der Waals surface area contributed by atoms with Gasteiger partial charge in [-0.05, 0) is 19.3 Å². The first-order chi connectivity index (χ1) is 4.29. The Hall–Kier alpha value is -0.770. The third-order valence-corrected chi connectivity index (χ3v) is 2.18. The van der Waals surface area contributed by atoms with Crippen LogP contribution < -0.4 is 0 Å². The van der Waals surface area contributed by atoms with Crippen LogP contribution in [0.2, 0.25) is 0 Å². The highest BCUT2D eigenvalue weighted by molar-refractivity contribution is 5.21. The summed E-state index contributed by atoms with van der Waals surface area (Å²) < 4.78 is 0. The predicted octanol–water partition coefficient (Wildman–Crippen LogP) is 2.11. The Labute approximate surface area is 56.0 Å². The van der Waals surface area contributed by atoms with E-state index in [1.165, 1.54) is 5.57 Å². The molecule has 1 nitrogen and oxygen atoms in total. The molecule has 0 saturated heterocycles. The lowest BCUT2D eigenvalue weighted by atomic mass is 9.71. The molecule has 48 valence electrons. The van der Waals surface area contributed by atoms with Crippen molar-refractivity contribution in [2.24, 2.45) is 11.8 Å². The van der Waals surface area contributed by atoms with E-state index < -0.39 is 0 Å². The molecule has 0 unspecified atom stereocenters. The second-order valence-electron chi connectivity index (χ2n) is 2.59. The van der Waals surface area contributed by atoms with Crippen molar-refractivity contribution in [2.75, 3.05) is 0 Å². The standard InChI is InChI=1S/C8H11N/c1-3-7-4-8(5-9)6(7)2/h3,6,8H,4H2,1-2H3/b7-3-/t6-,8-/m0/s1. The first-order valence-electron chi connectivity index (χ1n) is 3.34. The minimum atomic E-state index is 0.302. The van der Waals surface area contributed by atoms with Crippen LogP contribution in [-0.2, 0) is 0 Å². The van der Waals surface area contributed by atoms with Crippen molar-refractivity contribution < 1.29 is 0 Å². The molecule has 0 bridgehead atoms. The molecule has 0 N–H and O–H groups in total. The van der Waals surface area contributed by atoms with E-state index in [-0.39, 0.29) is 0 Å². The third-order valence-electron chi connectivity index (χ3n) is 2.18. The van der Waals surface area contributed by atoms with Gasteiger partial charge in [0.25, 0.3) is 0 Å². The van der Waals surface area contributed by atoms with E-state index in [4.69, 9.17) is 5.26 Å². The van der Waals surface area contributed by atoms with Gasteiger partial charge >= 0.3 is 0 Å². The van der Waals surface area contributed by atoms with E-state index >= 15 is 0 Å². The summed E-state index contributed by atoms with van der Waals surface area (Å²) in [6.07, 6.45) is 3.13. The molecule has 0 radical (unpaired) electrons. The molecular formula is C8H11N. The van der Waals surface area contributed by atoms with E-state index in [2.05, 4.69) is 19.1 Å². The molecule has 1 saturated carbocycles. The lowest BCUT2D eigenvalue weighted by Crippen LogP contribution is -2.24. The maximum atomic E-state index is 8.49. The van der Waals surface area contributed by atoms with Crippen LogP contribution in [0, 0.1) is 23.2 Å². The molecule has 9 heavy (non-hydrogen) atoms. The lowest BCUT2D eigenvalue weighted by molar-refractivity contribution is 0.376. The zero-order chi connectivity index (χ0) is 6.85. The topological polar surface area (TPSA) is 23.8 Å². The zero-order valence-electron chi connectivity index (χ0n) is 5.89. The molecule has 2 atom stereocenters. The van der Waals surface area contributed by atoms with Crippen LogP contribution in [-0.4, -0.2) is 0 Å². The molecule has 0 spiro atoms.